The number of aromatic nitrogens is 1. The predicted octanol–water partition coefficient (Wildman–Crippen LogP) is 5.10. The average molecular weight is 434 g/mol. The summed E-state index contributed by atoms with van der Waals surface area (Å²) in [7, 11) is 1.31. The Kier molecular flexibility index (Phi) is 6.48. The number of benzene rings is 2. The van der Waals surface area contributed by atoms with Gasteiger partial charge in [0.25, 0.3) is 0 Å². The average Bonchev–Trinajstić information content (AvgIpc) is 3.09. The number of hydrogen-bond acceptors (Lipinski definition) is 5. The van der Waals surface area contributed by atoms with Crippen molar-refractivity contribution in [2.75, 3.05) is 12.4 Å². The molecular formula is C25H26N2O5. The number of hydrogen-bond donors (Lipinski definition) is 1. The van der Waals surface area contributed by atoms with Gasteiger partial charge in [0, 0.05) is 29.8 Å². The van der Waals surface area contributed by atoms with Crippen LogP contribution in [0, 0.1) is 0 Å². The number of para-hydroxylation sites is 1. The van der Waals surface area contributed by atoms with Crippen molar-refractivity contribution in [2.24, 2.45) is 0 Å². The summed E-state index contributed by atoms with van der Waals surface area (Å²) in [5.74, 6) is -0.706. The van der Waals surface area contributed by atoms with Crippen molar-refractivity contribution >= 4 is 46.2 Å². The van der Waals surface area contributed by atoms with Crippen LogP contribution in [0.5, 0.6) is 0 Å². The minimum absolute atomic E-state index is 0.184. The van der Waals surface area contributed by atoms with Crippen molar-refractivity contribution in [3.05, 3.63) is 65.9 Å². The van der Waals surface area contributed by atoms with Gasteiger partial charge in [0.1, 0.15) is 5.60 Å². The summed E-state index contributed by atoms with van der Waals surface area (Å²) in [6.07, 6.45) is 2.82. The van der Waals surface area contributed by atoms with Crippen molar-refractivity contribution in [2.45, 2.75) is 33.3 Å². The summed E-state index contributed by atoms with van der Waals surface area (Å²) in [6, 6.07) is 14.2. The Hall–Kier alpha value is -3.87. The summed E-state index contributed by atoms with van der Waals surface area (Å²) >= 11 is 0. The van der Waals surface area contributed by atoms with E-state index < -0.39 is 17.7 Å². The highest BCUT2D eigenvalue weighted by atomic mass is 16.6. The number of fused-ring (bicyclic) bond motifs is 1. The molecule has 7 nitrogen and oxygen atoms in total. The minimum Gasteiger partial charge on any atom is -0.465 e. The first-order chi connectivity index (χ1) is 15.1. The summed E-state index contributed by atoms with van der Waals surface area (Å²) in [5, 5.41) is 3.48. The van der Waals surface area contributed by atoms with Gasteiger partial charge in [-0.05, 0) is 50.6 Å². The molecule has 1 aromatic heterocycles. The molecule has 2 aromatic carbocycles. The number of amides is 1. The molecule has 0 unspecified atom stereocenters. The minimum atomic E-state index is -0.648. The van der Waals surface area contributed by atoms with Gasteiger partial charge in [0.05, 0.1) is 18.2 Å². The molecule has 0 aliphatic heterocycles. The van der Waals surface area contributed by atoms with Crippen LogP contribution in [0.1, 0.15) is 38.8 Å². The Balaban J connectivity index is 2.10. The van der Waals surface area contributed by atoms with E-state index in [9.17, 15) is 14.4 Å². The summed E-state index contributed by atoms with van der Waals surface area (Å²) in [6.45, 7) is 6.83. The molecule has 0 radical (unpaired) electrons. The lowest BCUT2D eigenvalue weighted by Crippen LogP contribution is -2.26. The molecule has 1 heterocycles. The lowest BCUT2D eigenvalue weighted by Gasteiger charge is -2.19. The maximum atomic E-state index is 12.8. The van der Waals surface area contributed by atoms with Crippen LogP contribution in [-0.2, 0) is 19.1 Å². The van der Waals surface area contributed by atoms with Gasteiger partial charge >= 0.3 is 12.1 Å². The zero-order chi connectivity index (χ0) is 23.5. The quantitative estimate of drug-likeness (QED) is 0.456. The van der Waals surface area contributed by atoms with E-state index in [1.807, 2.05) is 24.3 Å². The van der Waals surface area contributed by atoms with Crippen LogP contribution in [0.4, 0.5) is 10.5 Å². The Morgan fingerprint density at radius 3 is 2.25 bits per heavy atom. The number of carbonyl (C=O) groups excluding carboxylic acids is 3. The van der Waals surface area contributed by atoms with Crippen molar-refractivity contribution in [3.63, 3.8) is 0 Å². The van der Waals surface area contributed by atoms with Crippen molar-refractivity contribution in [1.82, 2.24) is 4.57 Å². The van der Waals surface area contributed by atoms with Gasteiger partial charge in [-0.15, -0.1) is 0 Å². The molecule has 0 saturated carbocycles. The Bertz CT molecular complexity index is 1200. The van der Waals surface area contributed by atoms with E-state index in [2.05, 4.69) is 5.32 Å². The lowest BCUT2D eigenvalue weighted by molar-refractivity contribution is -0.133. The number of methoxy groups -OCH3 is 1. The largest absolute Gasteiger partial charge is 0.465 e. The molecule has 1 N–H and O–H groups in total. The fourth-order valence-electron chi connectivity index (χ4n) is 3.25. The highest BCUT2D eigenvalue weighted by molar-refractivity contribution is 6.22. The van der Waals surface area contributed by atoms with E-state index in [-0.39, 0.29) is 5.91 Å². The first kappa shape index (κ1) is 22.8. The number of esters is 1. The standard InChI is InChI=1S/C25H26N2O5/c1-16(28)26-19-12-10-17(11-13-19)21(23(29)31-5)14-18-15-27(24(30)32-25(2,3)4)22-9-7-6-8-20(18)22/h6-15H,1-5H3,(H,26,28)/b21-14+. The third kappa shape index (κ3) is 5.24. The number of anilines is 1. The molecule has 0 atom stereocenters. The molecule has 0 aliphatic carbocycles. The first-order valence-corrected chi connectivity index (χ1v) is 10.1. The van der Waals surface area contributed by atoms with Crippen LogP contribution in [0.15, 0.2) is 54.7 Å². The Morgan fingerprint density at radius 2 is 1.66 bits per heavy atom. The lowest BCUT2D eigenvalue weighted by atomic mass is 10.0. The monoisotopic (exact) mass is 434 g/mol. The van der Waals surface area contributed by atoms with Gasteiger partial charge in [0.2, 0.25) is 5.91 Å². The van der Waals surface area contributed by atoms with Gasteiger partial charge in [0.15, 0.2) is 0 Å². The molecule has 3 aromatic rings. The van der Waals surface area contributed by atoms with Crippen LogP contribution in [0.3, 0.4) is 0 Å². The molecule has 0 saturated heterocycles. The van der Waals surface area contributed by atoms with Crippen molar-refractivity contribution in [1.29, 1.82) is 0 Å². The maximum absolute atomic E-state index is 12.8. The number of rotatable bonds is 4. The zero-order valence-electron chi connectivity index (χ0n) is 18.8. The zero-order valence-corrected chi connectivity index (χ0v) is 18.8. The van der Waals surface area contributed by atoms with Crippen molar-refractivity contribution < 1.29 is 23.9 Å². The van der Waals surface area contributed by atoms with Crippen LogP contribution >= 0.6 is 0 Å². The summed E-state index contributed by atoms with van der Waals surface area (Å²) < 4.78 is 11.9. The third-order valence-electron chi connectivity index (χ3n) is 4.55. The van der Waals surface area contributed by atoms with Crippen LogP contribution < -0.4 is 5.32 Å². The van der Waals surface area contributed by atoms with E-state index in [1.54, 1.807) is 57.3 Å². The number of nitrogens with zero attached hydrogens (tertiary/aromatic N) is 1. The van der Waals surface area contributed by atoms with Crippen LogP contribution in [-0.4, -0.2) is 35.2 Å². The Morgan fingerprint density at radius 1 is 1.00 bits per heavy atom. The Labute approximate surface area is 186 Å². The van der Waals surface area contributed by atoms with Gasteiger partial charge in [-0.25, -0.2) is 9.59 Å². The molecule has 166 valence electrons. The van der Waals surface area contributed by atoms with Gasteiger partial charge in [-0.3, -0.25) is 9.36 Å². The topological polar surface area (TPSA) is 86.6 Å². The van der Waals surface area contributed by atoms with E-state index in [0.29, 0.717) is 27.9 Å². The normalized spacial score (nSPS) is 11.8. The summed E-state index contributed by atoms with van der Waals surface area (Å²) in [4.78, 5) is 36.6. The highest BCUT2D eigenvalue weighted by Gasteiger charge is 2.21. The van der Waals surface area contributed by atoms with Gasteiger partial charge < -0.3 is 14.8 Å². The second kappa shape index (κ2) is 9.09. The van der Waals surface area contributed by atoms with Gasteiger partial charge in [-0.1, -0.05) is 30.3 Å². The van der Waals surface area contributed by atoms with E-state index in [0.717, 1.165) is 5.39 Å². The highest BCUT2D eigenvalue weighted by Crippen LogP contribution is 2.28. The number of carbonyl (C=O) groups is 3. The fraction of sp³-hybridized carbons (Fsp3) is 0.240. The fourth-order valence-corrected chi connectivity index (χ4v) is 3.25. The van der Waals surface area contributed by atoms with Gasteiger partial charge in [-0.2, -0.15) is 0 Å². The second-order valence-corrected chi connectivity index (χ2v) is 8.26. The molecular weight excluding hydrogens is 408 g/mol. The predicted molar refractivity (Wildman–Crippen MR) is 124 cm³/mol. The number of ether oxygens (including phenoxy) is 2. The molecule has 0 bridgehead atoms. The SMILES string of the molecule is COC(=O)/C(=C/c1cn(C(=O)OC(C)(C)C)c2ccccc12)c1ccc(NC(C)=O)cc1. The third-order valence-corrected chi connectivity index (χ3v) is 4.55. The van der Waals surface area contributed by atoms with Crippen LogP contribution in [0.25, 0.3) is 22.6 Å². The summed E-state index contributed by atoms with van der Waals surface area (Å²) in [5.41, 5.74) is 2.22. The van der Waals surface area contributed by atoms with E-state index in [1.165, 1.54) is 18.6 Å². The smallest absolute Gasteiger partial charge is 0.419 e. The molecule has 0 spiro atoms. The first-order valence-electron chi connectivity index (χ1n) is 10.1. The molecule has 1 amide bonds. The van der Waals surface area contributed by atoms with E-state index >= 15 is 0 Å². The van der Waals surface area contributed by atoms with Crippen molar-refractivity contribution in [3.8, 4) is 0 Å². The molecule has 0 aliphatic rings. The molecule has 3 rings (SSSR count). The maximum Gasteiger partial charge on any atom is 0.419 e. The van der Waals surface area contributed by atoms with Crippen LogP contribution in [0.2, 0.25) is 0 Å². The molecule has 32 heavy (non-hydrogen) atoms. The van der Waals surface area contributed by atoms with E-state index in [4.69, 9.17) is 9.47 Å². The second-order valence-electron chi connectivity index (χ2n) is 8.26. The molecule has 7 heteroatoms. The molecule has 0 fully saturated rings. The number of nitrogens with one attached hydrogen (secondary N) is 1.